The second-order valence-electron chi connectivity index (χ2n) is 4.26. The molecule has 1 atom stereocenters. The van der Waals surface area contributed by atoms with Crippen LogP contribution in [0, 0.1) is 5.82 Å². The average Bonchev–Trinajstić information content (AvgIpc) is 2.29. The van der Waals surface area contributed by atoms with Crippen molar-refractivity contribution in [2.75, 3.05) is 5.88 Å². The molecule has 0 heterocycles. The van der Waals surface area contributed by atoms with Gasteiger partial charge in [0.2, 0.25) is 0 Å². The summed E-state index contributed by atoms with van der Waals surface area (Å²) in [5.74, 6) is 0.714. The van der Waals surface area contributed by atoms with Crippen molar-refractivity contribution in [1.29, 1.82) is 0 Å². The van der Waals surface area contributed by atoms with Gasteiger partial charge in [-0.3, -0.25) is 0 Å². The lowest BCUT2D eigenvalue weighted by Gasteiger charge is -2.14. The Morgan fingerprint density at radius 2 is 2.06 bits per heavy atom. The molecule has 0 N–H and O–H groups in total. The first-order chi connectivity index (χ1) is 7.77. The van der Waals surface area contributed by atoms with Crippen LogP contribution in [0.4, 0.5) is 4.39 Å². The number of hydrogen-bond donors (Lipinski definition) is 0. The number of rotatable bonds is 7. The van der Waals surface area contributed by atoms with E-state index in [0.717, 1.165) is 12.0 Å². The van der Waals surface area contributed by atoms with Crippen molar-refractivity contribution in [2.45, 2.75) is 44.9 Å². The molecule has 0 saturated carbocycles. The van der Waals surface area contributed by atoms with Gasteiger partial charge in [-0.1, -0.05) is 44.7 Å². The summed E-state index contributed by atoms with van der Waals surface area (Å²) in [6, 6.07) is 6.81. The molecule has 1 aromatic rings. The van der Waals surface area contributed by atoms with Gasteiger partial charge in [-0.2, -0.15) is 0 Å². The van der Waals surface area contributed by atoms with Crippen LogP contribution in [0.1, 0.15) is 50.5 Å². The fraction of sp³-hybridized carbons (Fsp3) is 0.571. The molecule has 0 aromatic heterocycles. The van der Waals surface area contributed by atoms with Gasteiger partial charge in [-0.15, -0.1) is 11.6 Å². The maximum atomic E-state index is 13.1. The van der Waals surface area contributed by atoms with E-state index in [1.807, 2.05) is 6.07 Å². The lowest BCUT2D eigenvalue weighted by molar-refractivity contribution is 0.576. The van der Waals surface area contributed by atoms with Crippen molar-refractivity contribution in [3.63, 3.8) is 0 Å². The van der Waals surface area contributed by atoms with Crippen LogP contribution in [0.15, 0.2) is 24.3 Å². The number of halogens is 2. The zero-order valence-corrected chi connectivity index (χ0v) is 10.6. The maximum Gasteiger partial charge on any atom is 0.123 e. The van der Waals surface area contributed by atoms with Gasteiger partial charge in [0.1, 0.15) is 5.82 Å². The minimum Gasteiger partial charge on any atom is -0.207 e. The zero-order chi connectivity index (χ0) is 11.8. The van der Waals surface area contributed by atoms with Crippen LogP contribution in [-0.4, -0.2) is 5.88 Å². The Morgan fingerprint density at radius 1 is 1.25 bits per heavy atom. The van der Waals surface area contributed by atoms with Gasteiger partial charge < -0.3 is 0 Å². The van der Waals surface area contributed by atoms with Gasteiger partial charge in [-0.25, -0.2) is 4.39 Å². The normalized spacial score (nSPS) is 12.7. The van der Waals surface area contributed by atoms with Gasteiger partial charge in [0.25, 0.3) is 0 Å². The van der Waals surface area contributed by atoms with Gasteiger partial charge in [0.15, 0.2) is 0 Å². The third-order valence-corrected chi connectivity index (χ3v) is 3.28. The van der Waals surface area contributed by atoms with Crippen molar-refractivity contribution in [3.05, 3.63) is 35.6 Å². The van der Waals surface area contributed by atoms with Crippen molar-refractivity contribution >= 4 is 11.6 Å². The average molecular weight is 243 g/mol. The summed E-state index contributed by atoms with van der Waals surface area (Å²) in [5, 5.41) is 0. The van der Waals surface area contributed by atoms with E-state index in [0.29, 0.717) is 11.8 Å². The van der Waals surface area contributed by atoms with E-state index in [1.165, 1.54) is 31.7 Å². The van der Waals surface area contributed by atoms with E-state index in [2.05, 4.69) is 6.92 Å². The minimum absolute atomic E-state index is 0.166. The largest absolute Gasteiger partial charge is 0.207 e. The second kappa shape index (κ2) is 7.67. The van der Waals surface area contributed by atoms with Crippen LogP contribution in [0.2, 0.25) is 0 Å². The Morgan fingerprint density at radius 3 is 2.69 bits per heavy atom. The molecule has 0 aliphatic carbocycles. The van der Waals surface area contributed by atoms with E-state index in [-0.39, 0.29) is 5.82 Å². The van der Waals surface area contributed by atoms with Crippen LogP contribution in [0.3, 0.4) is 0 Å². The molecule has 0 fully saturated rings. The zero-order valence-electron chi connectivity index (χ0n) is 9.89. The quantitative estimate of drug-likeness (QED) is 0.460. The summed E-state index contributed by atoms with van der Waals surface area (Å²) < 4.78 is 13.1. The molecule has 0 nitrogen and oxygen atoms in total. The first-order valence-corrected chi connectivity index (χ1v) is 6.62. The molecule has 2 heteroatoms. The Bertz CT molecular complexity index is 299. The van der Waals surface area contributed by atoms with E-state index >= 15 is 0 Å². The highest BCUT2D eigenvalue weighted by Crippen LogP contribution is 2.24. The topological polar surface area (TPSA) is 0 Å². The molecular weight excluding hydrogens is 223 g/mol. The lowest BCUT2D eigenvalue weighted by atomic mass is 9.94. The van der Waals surface area contributed by atoms with Crippen molar-refractivity contribution < 1.29 is 4.39 Å². The van der Waals surface area contributed by atoms with Crippen molar-refractivity contribution in [1.82, 2.24) is 0 Å². The van der Waals surface area contributed by atoms with E-state index in [9.17, 15) is 4.39 Å². The molecule has 0 aliphatic heterocycles. The highest BCUT2D eigenvalue weighted by atomic mass is 35.5. The summed E-state index contributed by atoms with van der Waals surface area (Å²) in [6.45, 7) is 2.20. The van der Waals surface area contributed by atoms with Crippen LogP contribution in [0.25, 0.3) is 0 Å². The standard InChI is InChI=1S/C14H20ClF/c1-2-3-4-5-7-13(11-15)12-8-6-9-14(16)10-12/h6,8-10,13H,2-5,7,11H2,1H3. The highest BCUT2D eigenvalue weighted by molar-refractivity contribution is 6.18. The Balaban J connectivity index is 2.47. The fourth-order valence-electron chi connectivity index (χ4n) is 1.91. The molecule has 0 bridgehead atoms. The predicted molar refractivity (Wildman–Crippen MR) is 68.6 cm³/mol. The maximum absolute atomic E-state index is 13.1. The molecule has 0 radical (unpaired) electrons. The van der Waals surface area contributed by atoms with Crippen LogP contribution in [-0.2, 0) is 0 Å². The lowest BCUT2D eigenvalue weighted by Crippen LogP contribution is -2.01. The number of hydrogen-bond acceptors (Lipinski definition) is 0. The minimum atomic E-state index is -0.166. The van der Waals surface area contributed by atoms with Crippen molar-refractivity contribution in [3.8, 4) is 0 Å². The Kier molecular flexibility index (Phi) is 6.47. The molecule has 90 valence electrons. The molecule has 1 unspecified atom stereocenters. The summed E-state index contributed by atoms with van der Waals surface area (Å²) in [4.78, 5) is 0. The smallest absolute Gasteiger partial charge is 0.123 e. The van der Waals surface area contributed by atoms with E-state index < -0.39 is 0 Å². The summed E-state index contributed by atoms with van der Waals surface area (Å²) in [6.07, 6.45) is 6.01. The first kappa shape index (κ1) is 13.5. The first-order valence-electron chi connectivity index (χ1n) is 6.09. The monoisotopic (exact) mass is 242 g/mol. The van der Waals surface area contributed by atoms with Gasteiger partial charge in [-0.05, 0) is 30.0 Å². The predicted octanol–water partition coefficient (Wildman–Crippen LogP) is 5.12. The van der Waals surface area contributed by atoms with Crippen LogP contribution >= 0.6 is 11.6 Å². The van der Waals surface area contributed by atoms with E-state index in [1.54, 1.807) is 12.1 Å². The van der Waals surface area contributed by atoms with Gasteiger partial charge in [0.05, 0.1) is 0 Å². The van der Waals surface area contributed by atoms with Crippen LogP contribution in [0.5, 0.6) is 0 Å². The summed E-state index contributed by atoms with van der Waals surface area (Å²) in [5.41, 5.74) is 1.03. The Hall–Kier alpha value is -0.560. The van der Waals surface area contributed by atoms with Gasteiger partial charge >= 0.3 is 0 Å². The van der Waals surface area contributed by atoms with Crippen molar-refractivity contribution in [2.24, 2.45) is 0 Å². The van der Waals surface area contributed by atoms with Crippen LogP contribution < -0.4 is 0 Å². The molecule has 1 rings (SSSR count). The molecule has 1 aromatic carbocycles. The highest BCUT2D eigenvalue weighted by Gasteiger charge is 2.10. The SMILES string of the molecule is CCCCCCC(CCl)c1cccc(F)c1. The molecule has 0 amide bonds. The third-order valence-electron chi connectivity index (χ3n) is 2.91. The van der Waals surface area contributed by atoms with E-state index in [4.69, 9.17) is 11.6 Å². The second-order valence-corrected chi connectivity index (χ2v) is 4.56. The Labute approximate surface area is 103 Å². The summed E-state index contributed by atoms with van der Waals surface area (Å²) >= 11 is 5.94. The number of benzene rings is 1. The number of alkyl halides is 1. The molecule has 0 aliphatic rings. The molecule has 0 spiro atoms. The third kappa shape index (κ3) is 4.52. The molecular formula is C14H20ClF. The van der Waals surface area contributed by atoms with Gasteiger partial charge in [0, 0.05) is 5.88 Å². The summed E-state index contributed by atoms with van der Waals surface area (Å²) in [7, 11) is 0. The molecule has 16 heavy (non-hydrogen) atoms. The molecule has 0 saturated heterocycles. The fourth-order valence-corrected chi connectivity index (χ4v) is 2.24. The number of unbranched alkanes of at least 4 members (excludes halogenated alkanes) is 3.